The first-order valence-corrected chi connectivity index (χ1v) is 13.1. The molecule has 4 heterocycles. The highest BCUT2D eigenvalue weighted by Crippen LogP contribution is 2.54. The van der Waals surface area contributed by atoms with Gasteiger partial charge in [0.15, 0.2) is 0 Å². The molecule has 2 atom stereocenters. The van der Waals surface area contributed by atoms with Crippen LogP contribution >= 0.6 is 23.2 Å². The molecule has 37 heavy (non-hydrogen) atoms. The maximum Gasteiger partial charge on any atom is 0.336 e. The summed E-state index contributed by atoms with van der Waals surface area (Å²) in [7, 11) is 0. The second-order valence-electron chi connectivity index (χ2n) is 10.1. The van der Waals surface area contributed by atoms with E-state index in [1.54, 1.807) is 30.7 Å². The molecule has 0 amide bonds. The average Bonchev–Trinajstić information content (AvgIpc) is 3.76. The minimum atomic E-state index is -0.938. The Morgan fingerprint density at radius 2 is 1.86 bits per heavy atom. The Morgan fingerprint density at radius 3 is 2.57 bits per heavy atom. The van der Waals surface area contributed by atoms with Crippen LogP contribution in [0.15, 0.2) is 53.5 Å². The summed E-state index contributed by atoms with van der Waals surface area (Å²) in [4.78, 5) is 22.6. The van der Waals surface area contributed by atoms with Crippen molar-refractivity contribution in [2.45, 2.75) is 18.8 Å². The summed E-state index contributed by atoms with van der Waals surface area (Å²) in [6.45, 7) is 1.82. The van der Waals surface area contributed by atoms with Gasteiger partial charge in [-0.15, -0.1) is 0 Å². The molecule has 186 valence electrons. The molecule has 1 aliphatic heterocycles. The number of pyridine rings is 2. The molecule has 3 aliphatic rings. The van der Waals surface area contributed by atoms with Gasteiger partial charge in [-0.25, -0.2) is 4.79 Å². The molecule has 2 aliphatic carbocycles. The van der Waals surface area contributed by atoms with E-state index in [0.717, 1.165) is 48.5 Å². The molecular formula is C28H22Cl2N4O3. The number of carbonyl (C=O) groups is 1. The summed E-state index contributed by atoms with van der Waals surface area (Å²) in [6, 6.07) is 7.18. The van der Waals surface area contributed by atoms with Crippen molar-refractivity contribution in [1.29, 1.82) is 0 Å². The molecule has 9 heteroatoms. The summed E-state index contributed by atoms with van der Waals surface area (Å²) < 4.78 is 5.78. The van der Waals surface area contributed by atoms with E-state index in [0.29, 0.717) is 50.4 Å². The smallest absolute Gasteiger partial charge is 0.336 e. The lowest BCUT2D eigenvalue weighted by Crippen LogP contribution is -2.24. The fraction of sp³-hybridized carbons (Fsp3) is 0.286. The monoisotopic (exact) mass is 532 g/mol. The van der Waals surface area contributed by atoms with Crippen molar-refractivity contribution >= 4 is 51.8 Å². The summed E-state index contributed by atoms with van der Waals surface area (Å²) in [5.74, 6) is 1.90. The van der Waals surface area contributed by atoms with E-state index in [1.807, 2.05) is 12.1 Å². The number of hydrogen-bond acceptors (Lipinski definition) is 6. The maximum atomic E-state index is 11.7. The Hall–Kier alpha value is -3.42. The van der Waals surface area contributed by atoms with Crippen LogP contribution in [0.4, 0.5) is 5.69 Å². The SMILES string of the molecule is O=C(O)c1ccc(N2CC3C(C=Cc4c(-c5c(Cl)cncc5Cl)noc4C4CC4)C3C2)c2ncccc12. The second-order valence-corrected chi connectivity index (χ2v) is 10.9. The van der Waals surface area contributed by atoms with Crippen molar-refractivity contribution < 1.29 is 14.4 Å². The summed E-state index contributed by atoms with van der Waals surface area (Å²) >= 11 is 12.9. The molecule has 7 nitrogen and oxygen atoms in total. The number of carboxylic acids is 1. The first kappa shape index (κ1) is 22.8. The van der Waals surface area contributed by atoms with Gasteiger partial charge in [-0.3, -0.25) is 9.97 Å². The molecular weight excluding hydrogens is 511 g/mol. The number of benzene rings is 1. The minimum Gasteiger partial charge on any atom is -0.478 e. The molecule has 4 aromatic rings. The number of piperidine rings is 1. The Morgan fingerprint density at radius 1 is 1.11 bits per heavy atom. The third-order valence-corrected chi connectivity index (χ3v) is 8.43. The number of aromatic nitrogens is 3. The van der Waals surface area contributed by atoms with Crippen LogP contribution in [0.5, 0.6) is 0 Å². The molecule has 1 N–H and O–H groups in total. The van der Waals surface area contributed by atoms with Crippen molar-refractivity contribution in [1.82, 2.24) is 15.1 Å². The zero-order valence-electron chi connectivity index (χ0n) is 19.6. The van der Waals surface area contributed by atoms with Gasteiger partial charge in [-0.2, -0.15) is 0 Å². The van der Waals surface area contributed by atoms with E-state index in [4.69, 9.17) is 27.7 Å². The zero-order valence-corrected chi connectivity index (χ0v) is 21.2. The van der Waals surface area contributed by atoms with E-state index >= 15 is 0 Å². The predicted molar refractivity (Wildman–Crippen MR) is 142 cm³/mol. The quantitative estimate of drug-likeness (QED) is 0.300. The molecule has 0 radical (unpaired) electrons. The highest BCUT2D eigenvalue weighted by atomic mass is 35.5. The fourth-order valence-electron chi connectivity index (χ4n) is 5.79. The van der Waals surface area contributed by atoms with Crippen molar-refractivity contribution in [2.24, 2.45) is 17.8 Å². The Kier molecular flexibility index (Phi) is 5.27. The van der Waals surface area contributed by atoms with Gasteiger partial charge in [0.05, 0.1) is 26.8 Å². The molecule has 1 aromatic carbocycles. The van der Waals surface area contributed by atoms with E-state index in [9.17, 15) is 9.90 Å². The summed E-state index contributed by atoms with van der Waals surface area (Å²) in [5, 5.41) is 15.5. The van der Waals surface area contributed by atoms with Gasteiger partial charge in [0.25, 0.3) is 0 Å². The number of allylic oxidation sites excluding steroid dienone is 1. The predicted octanol–water partition coefficient (Wildman–Crippen LogP) is 6.56. The molecule has 0 bridgehead atoms. The normalized spacial score (nSPS) is 22.6. The lowest BCUT2D eigenvalue weighted by molar-refractivity contribution is 0.0699. The lowest BCUT2D eigenvalue weighted by atomic mass is 10.0. The van der Waals surface area contributed by atoms with E-state index in [2.05, 4.69) is 32.2 Å². The Labute approximate surface area is 222 Å². The van der Waals surface area contributed by atoms with Crippen LogP contribution in [0.25, 0.3) is 28.2 Å². The van der Waals surface area contributed by atoms with Gasteiger partial charge < -0.3 is 14.5 Å². The third kappa shape index (κ3) is 3.80. The Bertz CT molecular complexity index is 1560. The average molecular weight is 533 g/mol. The molecule has 2 unspecified atom stereocenters. The highest BCUT2D eigenvalue weighted by molar-refractivity contribution is 6.39. The van der Waals surface area contributed by atoms with Crippen LogP contribution < -0.4 is 4.90 Å². The van der Waals surface area contributed by atoms with Gasteiger partial charge in [0.2, 0.25) is 0 Å². The maximum absolute atomic E-state index is 11.7. The van der Waals surface area contributed by atoms with E-state index in [-0.39, 0.29) is 5.56 Å². The number of nitrogens with zero attached hydrogens (tertiary/aromatic N) is 4. The summed E-state index contributed by atoms with van der Waals surface area (Å²) in [6.07, 6.45) is 11.5. The van der Waals surface area contributed by atoms with Gasteiger partial charge in [-0.1, -0.05) is 46.6 Å². The van der Waals surface area contributed by atoms with Gasteiger partial charge in [0.1, 0.15) is 11.5 Å². The first-order valence-electron chi connectivity index (χ1n) is 12.3. The van der Waals surface area contributed by atoms with Gasteiger partial charge >= 0.3 is 5.97 Å². The summed E-state index contributed by atoms with van der Waals surface area (Å²) in [5.41, 5.74) is 4.29. The molecule has 3 aromatic heterocycles. The Balaban J connectivity index is 1.14. The van der Waals surface area contributed by atoms with Crippen molar-refractivity contribution in [3.8, 4) is 11.3 Å². The molecule has 1 saturated heterocycles. The molecule has 7 rings (SSSR count). The molecule has 3 fully saturated rings. The number of rotatable bonds is 6. The van der Waals surface area contributed by atoms with Crippen LogP contribution in [0.3, 0.4) is 0 Å². The number of aromatic carboxylic acids is 1. The van der Waals surface area contributed by atoms with Gasteiger partial charge in [0, 0.05) is 54.1 Å². The van der Waals surface area contributed by atoms with Crippen LogP contribution in [0.2, 0.25) is 10.0 Å². The van der Waals surface area contributed by atoms with Crippen LogP contribution in [0, 0.1) is 17.8 Å². The van der Waals surface area contributed by atoms with E-state index in [1.165, 1.54) is 0 Å². The van der Waals surface area contributed by atoms with Crippen molar-refractivity contribution in [3.05, 3.63) is 75.9 Å². The van der Waals surface area contributed by atoms with Crippen molar-refractivity contribution in [3.63, 3.8) is 0 Å². The van der Waals surface area contributed by atoms with Gasteiger partial charge in [-0.05, 0) is 48.8 Å². The largest absolute Gasteiger partial charge is 0.478 e. The lowest BCUT2D eigenvalue weighted by Gasteiger charge is -2.23. The van der Waals surface area contributed by atoms with Crippen LogP contribution in [0.1, 0.15) is 40.4 Å². The minimum absolute atomic E-state index is 0.280. The number of anilines is 1. The first-order chi connectivity index (χ1) is 18.0. The topological polar surface area (TPSA) is 92.3 Å². The number of carboxylic acid groups (broad SMARTS) is 1. The fourth-order valence-corrected chi connectivity index (χ4v) is 6.33. The third-order valence-electron chi connectivity index (χ3n) is 7.86. The molecule has 2 saturated carbocycles. The highest BCUT2D eigenvalue weighted by Gasteiger charge is 2.54. The number of fused-ring (bicyclic) bond motifs is 2. The van der Waals surface area contributed by atoms with Crippen LogP contribution in [-0.2, 0) is 0 Å². The van der Waals surface area contributed by atoms with Crippen LogP contribution in [-0.4, -0.2) is 39.3 Å². The van der Waals surface area contributed by atoms with Crippen molar-refractivity contribution in [2.75, 3.05) is 18.0 Å². The van der Waals surface area contributed by atoms with E-state index < -0.39 is 5.97 Å². The second kappa shape index (κ2) is 8.57. The number of hydrogen-bond donors (Lipinski definition) is 1. The number of halogens is 2. The molecule has 0 spiro atoms. The standard InChI is InChI=1S/C28H22Cl2N4O3/c29-21-10-31-11-22(30)24(21)26-18(27(37-33-26)14-3-4-14)6-5-15-19-12-34(13-20(15)19)23-8-7-17(28(35)36)16-2-1-9-32-25(16)23/h1-2,5-11,14-15,19-20H,3-4,12-13H2,(H,35,36). The zero-order chi connectivity index (χ0) is 25.3.